The monoisotopic (exact) mass is 277 g/mol. The lowest BCUT2D eigenvalue weighted by atomic mass is 9.91. The van der Waals surface area contributed by atoms with Crippen LogP contribution in [0.25, 0.3) is 0 Å². The molecule has 0 saturated heterocycles. The fourth-order valence-electron chi connectivity index (χ4n) is 3.54. The summed E-state index contributed by atoms with van der Waals surface area (Å²) in [6.45, 7) is 3.30. The summed E-state index contributed by atoms with van der Waals surface area (Å²) in [5.74, 6) is 2.30. The molecular formula is C15H27N5. The van der Waals surface area contributed by atoms with E-state index in [9.17, 15) is 0 Å². The van der Waals surface area contributed by atoms with Crippen molar-refractivity contribution in [2.75, 3.05) is 0 Å². The Morgan fingerprint density at radius 3 is 2.75 bits per heavy atom. The Kier molecular flexibility index (Phi) is 4.36. The van der Waals surface area contributed by atoms with Gasteiger partial charge in [-0.1, -0.05) is 6.42 Å². The van der Waals surface area contributed by atoms with E-state index in [1.54, 1.807) is 0 Å². The molecule has 5 nitrogen and oxygen atoms in total. The molecule has 2 heterocycles. The van der Waals surface area contributed by atoms with E-state index in [0.29, 0.717) is 12.1 Å². The van der Waals surface area contributed by atoms with Gasteiger partial charge in [-0.3, -0.25) is 0 Å². The van der Waals surface area contributed by atoms with Crippen molar-refractivity contribution in [3.8, 4) is 0 Å². The van der Waals surface area contributed by atoms with Gasteiger partial charge in [-0.05, 0) is 45.4 Å². The zero-order valence-corrected chi connectivity index (χ0v) is 12.5. The topological polar surface area (TPSA) is 68.8 Å². The van der Waals surface area contributed by atoms with E-state index in [0.717, 1.165) is 31.6 Å². The highest BCUT2D eigenvalue weighted by Gasteiger charge is 2.24. The van der Waals surface area contributed by atoms with Crippen LogP contribution in [0.1, 0.15) is 69.6 Å². The minimum absolute atomic E-state index is 0.286. The third-order valence-electron chi connectivity index (χ3n) is 4.78. The first kappa shape index (κ1) is 14.0. The van der Waals surface area contributed by atoms with Crippen LogP contribution in [0.5, 0.6) is 0 Å². The maximum atomic E-state index is 5.98. The van der Waals surface area contributed by atoms with Gasteiger partial charge in [0.25, 0.3) is 0 Å². The summed E-state index contributed by atoms with van der Waals surface area (Å²) in [5, 5.41) is 12.6. The van der Waals surface area contributed by atoms with Gasteiger partial charge in [-0.15, -0.1) is 10.2 Å². The van der Waals surface area contributed by atoms with Gasteiger partial charge >= 0.3 is 0 Å². The average Bonchev–Trinajstić information content (AvgIpc) is 2.71. The van der Waals surface area contributed by atoms with Gasteiger partial charge in [0, 0.05) is 25.0 Å². The molecule has 112 valence electrons. The average molecular weight is 277 g/mol. The highest BCUT2D eigenvalue weighted by molar-refractivity contribution is 5.02. The van der Waals surface area contributed by atoms with Crippen LogP contribution in [0.3, 0.4) is 0 Å². The van der Waals surface area contributed by atoms with Crippen molar-refractivity contribution in [2.45, 2.75) is 83.0 Å². The second-order valence-corrected chi connectivity index (χ2v) is 6.44. The van der Waals surface area contributed by atoms with E-state index in [1.165, 1.54) is 37.9 Å². The summed E-state index contributed by atoms with van der Waals surface area (Å²) in [4.78, 5) is 0. The predicted octanol–water partition coefficient (Wildman–Crippen LogP) is 1.92. The van der Waals surface area contributed by atoms with Gasteiger partial charge in [0.05, 0.1) is 6.04 Å². The number of rotatable bonds is 3. The van der Waals surface area contributed by atoms with Gasteiger partial charge in [0.15, 0.2) is 0 Å². The number of nitrogens with one attached hydrogen (secondary N) is 1. The molecule has 3 N–H and O–H groups in total. The minimum Gasteiger partial charge on any atom is -0.328 e. The fraction of sp³-hybridized carbons (Fsp3) is 0.867. The van der Waals surface area contributed by atoms with E-state index in [2.05, 4.69) is 27.0 Å². The number of fused-ring (bicyclic) bond motifs is 1. The fourth-order valence-corrected chi connectivity index (χ4v) is 3.54. The first-order valence-electron chi connectivity index (χ1n) is 8.17. The molecule has 0 bridgehead atoms. The highest BCUT2D eigenvalue weighted by atomic mass is 15.3. The molecule has 20 heavy (non-hydrogen) atoms. The lowest BCUT2D eigenvalue weighted by molar-refractivity contribution is 0.315. The number of hydrogen-bond donors (Lipinski definition) is 2. The van der Waals surface area contributed by atoms with Crippen molar-refractivity contribution in [1.29, 1.82) is 0 Å². The van der Waals surface area contributed by atoms with Crippen LogP contribution >= 0.6 is 0 Å². The van der Waals surface area contributed by atoms with Crippen molar-refractivity contribution in [3.63, 3.8) is 0 Å². The van der Waals surface area contributed by atoms with Gasteiger partial charge in [0.1, 0.15) is 11.6 Å². The molecule has 0 aromatic carbocycles. The Labute approximate surface area is 121 Å². The summed E-state index contributed by atoms with van der Waals surface area (Å²) in [6, 6.07) is 1.28. The summed E-state index contributed by atoms with van der Waals surface area (Å²) in [5.41, 5.74) is 5.98. The maximum Gasteiger partial charge on any atom is 0.149 e. The molecule has 0 amide bonds. The van der Waals surface area contributed by atoms with Crippen LogP contribution in [0.4, 0.5) is 0 Å². The molecule has 3 rings (SSSR count). The van der Waals surface area contributed by atoms with E-state index >= 15 is 0 Å². The van der Waals surface area contributed by atoms with E-state index in [-0.39, 0.29) is 6.04 Å². The Balaban J connectivity index is 1.65. The number of nitrogens with two attached hydrogens (primary N) is 1. The standard InChI is InChI=1S/C15H27N5/c1-11(17-13-8-6-12(16)7-9-13)15-19-18-14-5-3-2-4-10-20(14)15/h11-13,17H,2-10,16H2,1H3. The first-order valence-corrected chi connectivity index (χ1v) is 8.17. The van der Waals surface area contributed by atoms with E-state index < -0.39 is 0 Å². The molecule has 1 aliphatic heterocycles. The van der Waals surface area contributed by atoms with Gasteiger partial charge < -0.3 is 15.6 Å². The van der Waals surface area contributed by atoms with Crippen LogP contribution in [0.2, 0.25) is 0 Å². The molecule has 0 radical (unpaired) electrons. The predicted molar refractivity (Wildman–Crippen MR) is 79.4 cm³/mol. The second kappa shape index (κ2) is 6.22. The third kappa shape index (κ3) is 3.04. The van der Waals surface area contributed by atoms with Crippen LogP contribution in [0, 0.1) is 0 Å². The number of nitrogens with zero attached hydrogens (tertiary/aromatic N) is 3. The summed E-state index contributed by atoms with van der Waals surface area (Å²) >= 11 is 0. The molecule has 0 spiro atoms. The molecule has 1 fully saturated rings. The van der Waals surface area contributed by atoms with Crippen LogP contribution < -0.4 is 11.1 Å². The smallest absolute Gasteiger partial charge is 0.149 e. The minimum atomic E-state index is 0.286. The van der Waals surface area contributed by atoms with Gasteiger partial charge in [-0.25, -0.2) is 0 Å². The molecule has 1 saturated carbocycles. The van der Waals surface area contributed by atoms with Crippen molar-refractivity contribution in [1.82, 2.24) is 20.1 Å². The van der Waals surface area contributed by atoms with E-state index in [4.69, 9.17) is 5.73 Å². The first-order chi connectivity index (χ1) is 9.74. The van der Waals surface area contributed by atoms with Gasteiger partial charge in [-0.2, -0.15) is 0 Å². The van der Waals surface area contributed by atoms with Crippen molar-refractivity contribution < 1.29 is 0 Å². The Morgan fingerprint density at radius 2 is 1.95 bits per heavy atom. The van der Waals surface area contributed by atoms with Gasteiger partial charge in [0.2, 0.25) is 0 Å². The SMILES string of the molecule is CC(NC1CCC(N)CC1)c1nnc2n1CCCCC2. The lowest BCUT2D eigenvalue weighted by Crippen LogP contribution is -2.39. The Morgan fingerprint density at radius 1 is 1.15 bits per heavy atom. The summed E-state index contributed by atoms with van der Waals surface area (Å²) in [6.07, 6.45) is 9.55. The largest absolute Gasteiger partial charge is 0.328 e. The van der Waals surface area contributed by atoms with E-state index in [1.807, 2.05) is 0 Å². The van der Waals surface area contributed by atoms with Crippen LogP contribution in [-0.4, -0.2) is 26.8 Å². The third-order valence-corrected chi connectivity index (χ3v) is 4.78. The number of aryl methyl sites for hydroxylation is 1. The lowest BCUT2D eigenvalue weighted by Gasteiger charge is -2.29. The van der Waals surface area contributed by atoms with Crippen molar-refractivity contribution in [3.05, 3.63) is 11.6 Å². The molecule has 1 aromatic rings. The molecule has 1 unspecified atom stereocenters. The molecule has 1 aromatic heterocycles. The zero-order valence-electron chi connectivity index (χ0n) is 12.5. The quantitative estimate of drug-likeness (QED) is 0.885. The number of aromatic nitrogens is 3. The van der Waals surface area contributed by atoms with Crippen molar-refractivity contribution >= 4 is 0 Å². The highest BCUT2D eigenvalue weighted by Crippen LogP contribution is 2.22. The Bertz CT molecular complexity index is 433. The molecule has 2 aliphatic rings. The molecular weight excluding hydrogens is 250 g/mol. The second-order valence-electron chi connectivity index (χ2n) is 6.44. The number of hydrogen-bond acceptors (Lipinski definition) is 4. The molecule has 1 atom stereocenters. The van der Waals surface area contributed by atoms with Crippen molar-refractivity contribution in [2.24, 2.45) is 5.73 Å². The zero-order chi connectivity index (χ0) is 13.9. The normalized spacial score (nSPS) is 28.7. The summed E-state index contributed by atoms with van der Waals surface area (Å²) in [7, 11) is 0. The molecule has 5 heteroatoms. The maximum absolute atomic E-state index is 5.98. The van der Waals surface area contributed by atoms with Crippen LogP contribution in [0.15, 0.2) is 0 Å². The molecule has 1 aliphatic carbocycles. The Hall–Kier alpha value is -0.940. The van der Waals surface area contributed by atoms with Crippen LogP contribution in [-0.2, 0) is 13.0 Å². The summed E-state index contributed by atoms with van der Waals surface area (Å²) < 4.78 is 2.35.